The predicted molar refractivity (Wildman–Crippen MR) is 117 cm³/mol. The number of aliphatic hydroxyl groups is 1. The minimum absolute atomic E-state index is 0.00408. The summed E-state index contributed by atoms with van der Waals surface area (Å²) in [5, 5.41) is 9.15. The molecule has 1 aliphatic carbocycles. The molecule has 2 heterocycles. The van der Waals surface area contributed by atoms with E-state index < -0.39 is 0 Å². The number of rotatable bonds is 6. The lowest BCUT2D eigenvalue weighted by Gasteiger charge is -2.35. The second-order valence-electron chi connectivity index (χ2n) is 8.12. The number of hydrogen-bond acceptors (Lipinski definition) is 8. The maximum absolute atomic E-state index is 13.0. The van der Waals surface area contributed by atoms with Crippen LogP contribution >= 0.6 is 0 Å². The molecule has 1 aliphatic heterocycles. The van der Waals surface area contributed by atoms with E-state index >= 15 is 0 Å². The third kappa shape index (κ3) is 4.36. The van der Waals surface area contributed by atoms with Crippen molar-refractivity contribution in [3.05, 3.63) is 40.7 Å². The van der Waals surface area contributed by atoms with Gasteiger partial charge in [0.15, 0.2) is 5.78 Å². The molecule has 31 heavy (non-hydrogen) atoms. The zero-order valence-corrected chi connectivity index (χ0v) is 18.4. The minimum atomic E-state index is 0.00408. The van der Waals surface area contributed by atoms with Gasteiger partial charge in [-0.3, -0.25) is 9.69 Å². The lowest BCUT2D eigenvalue weighted by atomic mass is 9.81. The number of ketones is 1. The van der Waals surface area contributed by atoms with Crippen molar-refractivity contribution in [1.29, 1.82) is 0 Å². The van der Waals surface area contributed by atoms with Gasteiger partial charge in [-0.15, -0.1) is 0 Å². The smallest absolute Gasteiger partial charge is 0.225 e. The summed E-state index contributed by atoms with van der Waals surface area (Å²) in [5.74, 6) is 2.23. The van der Waals surface area contributed by atoms with Crippen LogP contribution in [0.4, 0.5) is 5.95 Å². The van der Waals surface area contributed by atoms with Gasteiger partial charge in [0.05, 0.1) is 37.8 Å². The van der Waals surface area contributed by atoms with Crippen LogP contribution in [0.3, 0.4) is 0 Å². The molecule has 0 radical (unpaired) electrons. The van der Waals surface area contributed by atoms with Gasteiger partial charge < -0.3 is 19.5 Å². The van der Waals surface area contributed by atoms with E-state index in [9.17, 15) is 4.79 Å². The number of β-amino-alcohol motifs (C(OH)–C–C–N with tert-alkyl or cyclic N) is 1. The van der Waals surface area contributed by atoms with Crippen LogP contribution in [-0.4, -0.2) is 79.3 Å². The fraction of sp³-hybridized carbons (Fsp3) is 0.522. The first-order chi connectivity index (χ1) is 15.0. The van der Waals surface area contributed by atoms with Gasteiger partial charge in [0.1, 0.15) is 11.5 Å². The Labute approximate surface area is 182 Å². The fourth-order valence-electron chi connectivity index (χ4n) is 4.59. The van der Waals surface area contributed by atoms with Crippen LogP contribution in [0.1, 0.15) is 39.6 Å². The monoisotopic (exact) mass is 426 g/mol. The number of ether oxygens (including phenoxy) is 2. The molecule has 1 aromatic carbocycles. The molecule has 0 amide bonds. The van der Waals surface area contributed by atoms with Crippen molar-refractivity contribution in [2.45, 2.75) is 25.7 Å². The molecule has 1 atom stereocenters. The molecule has 0 saturated carbocycles. The average molecular weight is 427 g/mol. The van der Waals surface area contributed by atoms with Gasteiger partial charge in [-0.25, -0.2) is 9.97 Å². The van der Waals surface area contributed by atoms with E-state index in [2.05, 4.69) is 14.8 Å². The highest BCUT2D eigenvalue weighted by Crippen LogP contribution is 2.39. The Kier molecular flexibility index (Phi) is 6.38. The number of Topliss-reactive ketones (excluding diaryl/α,β-unsaturated/α-hetero) is 1. The van der Waals surface area contributed by atoms with E-state index in [1.54, 1.807) is 14.2 Å². The van der Waals surface area contributed by atoms with E-state index in [-0.39, 0.29) is 18.3 Å². The summed E-state index contributed by atoms with van der Waals surface area (Å²) in [5.41, 5.74) is 3.24. The van der Waals surface area contributed by atoms with Gasteiger partial charge in [-0.2, -0.15) is 0 Å². The fourth-order valence-corrected chi connectivity index (χ4v) is 4.59. The first-order valence-corrected chi connectivity index (χ1v) is 10.7. The highest BCUT2D eigenvalue weighted by Gasteiger charge is 2.32. The molecule has 2 aromatic rings. The van der Waals surface area contributed by atoms with Crippen LogP contribution in [0, 0.1) is 6.92 Å². The van der Waals surface area contributed by atoms with Crippen LogP contribution in [0.25, 0.3) is 0 Å². The van der Waals surface area contributed by atoms with E-state index in [1.165, 1.54) is 0 Å². The number of aromatic nitrogens is 2. The average Bonchev–Trinajstić information content (AvgIpc) is 2.78. The van der Waals surface area contributed by atoms with E-state index in [4.69, 9.17) is 19.6 Å². The normalized spacial score (nSPS) is 19.3. The second kappa shape index (κ2) is 9.20. The number of aliphatic hydroxyl groups excluding tert-OH is 1. The van der Waals surface area contributed by atoms with Gasteiger partial charge >= 0.3 is 0 Å². The van der Waals surface area contributed by atoms with Crippen molar-refractivity contribution >= 4 is 11.7 Å². The maximum Gasteiger partial charge on any atom is 0.225 e. The van der Waals surface area contributed by atoms with Crippen molar-refractivity contribution in [2.75, 3.05) is 58.5 Å². The lowest BCUT2D eigenvalue weighted by molar-refractivity contribution is 0.0961. The molecule has 0 spiro atoms. The van der Waals surface area contributed by atoms with Crippen LogP contribution < -0.4 is 14.4 Å². The standard InChI is InChI=1S/C23H30N4O4/c1-15-22-19(25-23(24-15)27-8-6-26(7-9-27)10-11-28)12-16(13-20(22)29)18-5-4-17(30-2)14-21(18)31-3/h4-5,14,16,28H,6-13H2,1-3H3. The van der Waals surface area contributed by atoms with Gasteiger partial charge in [-0.05, 0) is 25.0 Å². The largest absolute Gasteiger partial charge is 0.497 e. The summed E-state index contributed by atoms with van der Waals surface area (Å²) in [6, 6.07) is 5.74. The molecule has 4 rings (SSSR count). The highest BCUT2D eigenvalue weighted by atomic mass is 16.5. The van der Waals surface area contributed by atoms with Crippen LogP contribution in [0.2, 0.25) is 0 Å². The summed E-state index contributed by atoms with van der Waals surface area (Å²) in [6.45, 7) is 6.11. The number of fused-ring (bicyclic) bond motifs is 1. The number of carbonyl (C=O) groups is 1. The number of hydrogen-bond donors (Lipinski definition) is 1. The van der Waals surface area contributed by atoms with Gasteiger partial charge in [0.25, 0.3) is 0 Å². The third-order valence-corrected chi connectivity index (χ3v) is 6.26. The molecule has 8 heteroatoms. The molecule has 1 saturated heterocycles. The van der Waals surface area contributed by atoms with Crippen molar-refractivity contribution in [1.82, 2.24) is 14.9 Å². The molecule has 8 nitrogen and oxygen atoms in total. The maximum atomic E-state index is 13.0. The zero-order valence-electron chi connectivity index (χ0n) is 18.4. The lowest BCUT2D eigenvalue weighted by Crippen LogP contribution is -2.48. The number of carbonyl (C=O) groups excluding carboxylic acids is 1. The number of nitrogens with zero attached hydrogens (tertiary/aromatic N) is 4. The van der Waals surface area contributed by atoms with Crippen molar-refractivity contribution in [3.63, 3.8) is 0 Å². The van der Waals surface area contributed by atoms with Crippen molar-refractivity contribution < 1.29 is 19.4 Å². The van der Waals surface area contributed by atoms with Crippen LogP contribution in [-0.2, 0) is 6.42 Å². The number of methoxy groups -OCH3 is 2. The minimum Gasteiger partial charge on any atom is -0.497 e. The Hall–Kier alpha value is -2.71. The summed E-state index contributed by atoms with van der Waals surface area (Å²) in [6.07, 6.45) is 1.09. The summed E-state index contributed by atoms with van der Waals surface area (Å²) < 4.78 is 10.9. The van der Waals surface area contributed by atoms with Crippen LogP contribution in [0.5, 0.6) is 11.5 Å². The van der Waals surface area contributed by atoms with E-state index in [0.717, 1.165) is 54.6 Å². The molecular formula is C23H30N4O4. The molecule has 1 aromatic heterocycles. The SMILES string of the molecule is COc1ccc(C2CC(=O)c3c(C)nc(N4CCN(CCO)CC4)nc3C2)c(OC)c1. The first kappa shape index (κ1) is 21.5. The highest BCUT2D eigenvalue weighted by molar-refractivity contribution is 5.99. The molecule has 1 unspecified atom stereocenters. The first-order valence-electron chi connectivity index (χ1n) is 10.7. The molecule has 1 N–H and O–H groups in total. The number of piperazine rings is 1. The quantitative estimate of drug-likeness (QED) is 0.749. The van der Waals surface area contributed by atoms with Crippen molar-refractivity contribution in [2.24, 2.45) is 0 Å². The summed E-state index contributed by atoms with van der Waals surface area (Å²) >= 11 is 0. The van der Waals surface area contributed by atoms with E-state index in [0.29, 0.717) is 30.9 Å². The van der Waals surface area contributed by atoms with Crippen molar-refractivity contribution in [3.8, 4) is 11.5 Å². The zero-order chi connectivity index (χ0) is 22.0. The number of anilines is 1. The number of benzene rings is 1. The van der Waals surface area contributed by atoms with Gasteiger partial charge in [0, 0.05) is 51.1 Å². The molecule has 166 valence electrons. The molecule has 0 bridgehead atoms. The summed E-state index contributed by atoms with van der Waals surface area (Å²) in [7, 11) is 3.26. The number of aryl methyl sites for hydroxylation is 1. The molecule has 2 aliphatic rings. The van der Waals surface area contributed by atoms with Gasteiger partial charge in [0.2, 0.25) is 5.95 Å². The molecular weight excluding hydrogens is 396 g/mol. The topological polar surface area (TPSA) is 88.0 Å². The van der Waals surface area contributed by atoms with Crippen LogP contribution in [0.15, 0.2) is 18.2 Å². The third-order valence-electron chi connectivity index (χ3n) is 6.26. The Bertz CT molecular complexity index is 957. The summed E-state index contributed by atoms with van der Waals surface area (Å²) in [4.78, 5) is 26.9. The predicted octanol–water partition coefficient (Wildman–Crippen LogP) is 1.83. The Morgan fingerprint density at radius 3 is 2.55 bits per heavy atom. The van der Waals surface area contributed by atoms with Gasteiger partial charge in [-0.1, -0.05) is 6.07 Å². The Morgan fingerprint density at radius 1 is 1.10 bits per heavy atom. The molecule has 1 fully saturated rings. The van der Waals surface area contributed by atoms with E-state index in [1.807, 2.05) is 25.1 Å². The Balaban J connectivity index is 1.60. The second-order valence-corrected chi connectivity index (χ2v) is 8.12. The Morgan fingerprint density at radius 2 is 1.87 bits per heavy atom.